The number of methoxy groups -OCH3 is 2. The van der Waals surface area contributed by atoms with Gasteiger partial charge in [-0.1, -0.05) is 6.42 Å². The quantitative estimate of drug-likeness (QED) is 0.271. The number of hydroxylamine groups is 2. The molecule has 29 heavy (non-hydrogen) atoms. The zero-order chi connectivity index (χ0) is 21.2. The van der Waals surface area contributed by atoms with Gasteiger partial charge in [-0.2, -0.15) is 0 Å². The lowest BCUT2D eigenvalue weighted by Crippen LogP contribution is -2.29. The number of hydrogen-bond acceptors (Lipinski definition) is 7. The molecule has 1 aromatic carbocycles. The Bertz CT molecular complexity index is 858. The van der Waals surface area contributed by atoms with Crippen molar-refractivity contribution >= 4 is 28.5 Å². The highest BCUT2D eigenvalue weighted by Crippen LogP contribution is 2.32. The number of benzene rings is 1. The smallest absolute Gasteiger partial charge is 0.343 e. The number of ether oxygens (including phenoxy) is 2. The van der Waals surface area contributed by atoms with Gasteiger partial charge in [-0.25, -0.2) is 20.7 Å². The number of nitrogens with one attached hydrogen (secondary N) is 3. The number of urea groups is 1. The van der Waals surface area contributed by atoms with E-state index in [9.17, 15) is 9.59 Å². The number of fused-ring (bicyclic) bond motifs is 1. The fraction of sp³-hybridized carbons (Fsp3) is 0.421. The number of hydrogen-bond donors (Lipinski definition) is 4. The zero-order valence-electron chi connectivity index (χ0n) is 16.7. The summed E-state index contributed by atoms with van der Waals surface area (Å²) in [6, 6.07) is 4.76. The van der Waals surface area contributed by atoms with Crippen LogP contribution in [0.4, 0.5) is 10.5 Å². The number of nitrogens with zero attached hydrogens (tertiary/aromatic N) is 1. The second kappa shape index (κ2) is 11.0. The second-order valence-corrected chi connectivity index (χ2v) is 6.30. The van der Waals surface area contributed by atoms with Gasteiger partial charge in [0.1, 0.15) is 5.75 Å². The van der Waals surface area contributed by atoms with Crippen LogP contribution >= 0.6 is 0 Å². The molecule has 0 saturated heterocycles. The average molecular weight is 406 g/mol. The molecular formula is C19H26N4O6. The summed E-state index contributed by atoms with van der Waals surface area (Å²) < 4.78 is 10.5. The molecule has 0 saturated carbocycles. The Kier molecular flexibility index (Phi) is 8.44. The standard InChI is InChI=1S/C19H26N4O6/c1-12-9-17(28-3)21-18-14(12)10-13(27-2)11-15(18)20-19(25)23-29-8-6-4-5-7-16(24)22-26/h9-11,26H,4-8H2,1-3H3,(H,22,24)(H2,20,23,25). The molecule has 10 nitrogen and oxygen atoms in total. The third-order valence-electron chi connectivity index (χ3n) is 4.20. The first kappa shape index (κ1) is 22.2. The van der Waals surface area contributed by atoms with Crippen LogP contribution in [0.15, 0.2) is 18.2 Å². The molecule has 1 heterocycles. The lowest BCUT2D eigenvalue weighted by atomic mass is 10.1. The lowest BCUT2D eigenvalue weighted by molar-refractivity contribution is -0.129. The van der Waals surface area contributed by atoms with Gasteiger partial charge >= 0.3 is 6.03 Å². The largest absolute Gasteiger partial charge is 0.497 e. The van der Waals surface area contributed by atoms with Crippen molar-refractivity contribution in [1.82, 2.24) is 15.9 Å². The average Bonchev–Trinajstić information content (AvgIpc) is 2.72. The molecule has 1 aromatic heterocycles. The molecule has 3 amide bonds. The van der Waals surface area contributed by atoms with E-state index in [1.807, 2.05) is 13.0 Å². The van der Waals surface area contributed by atoms with Crippen LogP contribution in [0.5, 0.6) is 11.6 Å². The van der Waals surface area contributed by atoms with Gasteiger partial charge in [0, 0.05) is 23.9 Å². The SMILES string of the molecule is COc1cc(NC(=O)NOCCCCCC(=O)NO)c2nc(OC)cc(C)c2c1. The molecule has 2 rings (SSSR count). The Morgan fingerprint density at radius 1 is 1.10 bits per heavy atom. The number of rotatable bonds is 10. The molecule has 4 N–H and O–H groups in total. The van der Waals surface area contributed by atoms with E-state index in [4.69, 9.17) is 19.5 Å². The van der Waals surface area contributed by atoms with Gasteiger partial charge < -0.3 is 14.8 Å². The minimum atomic E-state index is -0.554. The Morgan fingerprint density at radius 3 is 2.59 bits per heavy atom. The molecule has 0 unspecified atom stereocenters. The minimum Gasteiger partial charge on any atom is -0.497 e. The van der Waals surface area contributed by atoms with E-state index in [1.165, 1.54) is 7.11 Å². The van der Waals surface area contributed by atoms with E-state index >= 15 is 0 Å². The van der Waals surface area contributed by atoms with E-state index in [0.29, 0.717) is 35.7 Å². The Balaban J connectivity index is 1.94. The van der Waals surface area contributed by atoms with Crippen molar-refractivity contribution in [2.24, 2.45) is 0 Å². The summed E-state index contributed by atoms with van der Waals surface area (Å²) in [4.78, 5) is 32.6. The molecule has 0 fully saturated rings. The molecule has 0 spiro atoms. The normalized spacial score (nSPS) is 10.5. The number of pyridine rings is 1. The molecule has 0 atom stereocenters. The van der Waals surface area contributed by atoms with E-state index < -0.39 is 11.9 Å². The predicted octanol–water partition coefficient (Wildman–Crippen LogP) is 2.68. The molecule has 0 aliphatic rings. The topological polar surface area (TPSA) is 131 Å². The number of carbonyl (C=O) groups excluding carboxylic acids is 2. The van der Waals surface area contributed by atoms with Crippen LogP contribution < -0.4 is 25.8 Å². The van der Waals surface area contributed by atoms with Crippen LogP contribution in [0.25, 0.3) is 10.9 Å². The molecule has 2 aromatic rings. The van der Waals surface area contributed by atoms with Crippen LogP contribution in [0.1, 0.15) is 31.2 Å². The minimum absolute atomic E-state index is 0.239. The molecule has 0 aliphatic carbocycles. The fourth-order valence-electron chi connectivity index (χ4n) is 2.71. The van der Waals surface area contributed by atoms with Gasteiger partial charge in [-0.05, 0) is 31.4 Å². The first-order valence-electron chi connectivity index (χ1n) is 9.13. The monoisotopic (exact) mass is 406 g/mol. The maximum atomic E-state index is 12.2. The van der Waals surface area contributed by atoms with Crippen molar-refractivity contribution in [2.45, 2.75) is 32.6 Å². The van der Waals surface area contributed by atoms with Gasteiger partial charge in [0.05, 0.1) is 32.0 Å². The van der Waals surface area contributed by atoms with Crippen LogP contribution in [0.3, 0.4) is 0 Å². The lowest BCUT2D eigenvalue weighted by Gasteiger charge is -2.13. The predicted molar refractivity (Wildman–Crippen MR) is 106 cm³/mol. The summed E-state index contributed by atoms with van der Waals surface area (Å²) in [6.45, 7) is 2.21. The molecular weight excluding hydrogens is 380 g/mol. The Hall–Kier alpha value is -3.11. The Labute approximate surface area is 168 Å². The summed E-state index contributed by atoms with van der Waals surface area (Å²) in [6.07, 6.45) is 2.23. The highest BCUT2D eigenvalue weighted by atomic mass is 16.7. The van der Waals surface area contributed by atoms with Crippen LogP contribution in [-0.2, 0) is 9.63 Å². The second-order valence-electron chi connectivity index (χ2n) is 6.30. The molecule has 158 valence electrons. The van der Waals surface area contributed by atoms with Gasteiger partial charge in [-0.15, -0.1) is 0 Å². The molecule has 10 heteroatoms. The number of amides is 3. The maximum absolute atomic E-state index is 12.2. The van der Waals surface area contributed by atoms with E-state index in [0.717, 1.165) is 17.4 Å². The highest BCUT2D eigenvalue weighted by molar-refractivity contribution is 6.01. The van der Waals surface area contributed by atoms with Gasteiger partial charge in [0.25, 0.3) is 0 Å². The van der Waals surface area contributed by atoms with Crippen LogP contribution in [0, 0.1) is 6.92 Å². The zero-order valence-corrected chi connectivity index (χ0v) is 16.7. The summed E-state index contributed by atoms with van der Waals surface area (Å²) in [5.41, 5.74) is 5.85. The van der Waals surface area contributed by atoms with Crippen LogP contribution in [-0.4, -0.2) is 43.0 Å². The summed E-state index contributed by atoms with van der Waals surface area (Å²) >= 11 is 0. The first-order chi connectivity index (χ1) is 14.0. The van der Waals surface area contributed by atoms with E-state index in [-0.39, 0.29) is 13.0 Å². The maximum Gasteiger partial charge on any atom is 0.343 e. The van der Waals surface area contributed by atoms with E-state index in [1.54, 1.807) is 24.7 Å². The van der Waals surface area contributed by atoms with Gasteiger partial charge in [-0.3, -0.25) is 14.8 Å². The number of aromatic nitrogens is 1. The van der Waals surface area contributed by atoms with Crippen molar-refractivity contribution in [3.63, 3.8) is 0 Å². The number of aryl methyl sites for hydroxylation is 1. The number of unbranched alkanes of at least 4 members (excludes halogenated alkanes) is 2. The Morgan fingerprint density at radius 2 is 1.90 bits per heavy atom. The third-order valence-corrected chi connectivity index (χ3v) is 4.20. The molecule has 0 bridgehead atoms. The van der Waals surface area contributed by atoms with Crippen molar-refractivity contribution < 1.29 is 29.1 Å². The van der Waals surface area contributed by atoms with Gasteiger partial charge in [0.15, 0.2) is 0 Å². The third kappa shape index (κ3) is 6.47. The van der Waals surface area contributed by atoms with Gasteiger partial charge in [0.2, 0.25) is 11.8 Å². The first-order valence-corrected chi connectivity index (χ1v) is 9.13. The van der Waals surface area contributed by atoms with Crippen molar-refractivity contribution in [2.75, 3.05) is 26.1 Å². The summed E-state index contributed by atoms with van der Waals surface area (Å²) in [5.74, 6) is 0.597. The molecule has 0 radical (unpaired) electrons. The van der Waals surface area contributed by atoms with Crippen molar-refractivity contribution in [3.05, 3.63) is 23.8 Å². The number of carbonyl (C=O) groups is 2. The van der Waals surface area contributed by atoms with Crippen molar-refractivity contribution in [1.29, 1.82) is 0 Å². The highest BCUT2D eigenvalue weighted by Gasteiger charge is 2.13. The number of anilines is 1. The van der Waals surface area contributed by atoms with Crippen LogP contribution in [0.2, 0.25) is 0 Å². The van der Waals surface area contributed by atoms with Crippen molar-refractivity contribution in [3.8, 4) is 11.6 Å². The summed E-state index contributed by atoms with van der Waals surface area (Å²) in [7, 11) is 3.08. The fourth-order valence-corrected chi connectivity index (χ4v) is 2.71. The van der Waals surface area contributed by atoms with E-state index in [2.05, 4.69) is 15.8 Å². The molecule has 0 aliphatic heterocycles. The summed E-state index contributed by atoms with van der Waals surface area (Å²) in [5, 5.41) is 11.9.